The van der Waals surface area contributed by atoms with E-state index in [1.807, 2.05) is 68.4 Å². The van der Waals surface area contributed by atoms with Crippen LogP contribution in [-0.2, 0) is 16.0 Å². The first-order valence-electron chi connectivity index (χ1n) is 7.95. The second-order valence-corrected chi connectivity index (χ2v) is 7.17. The average molecular weight is 338 g/mol. The van der Waals surface area contributed by atoms with Crippen LogP contribution in [-0.4, -0.2) is 18.2 Å². The van der Waals surface area contributed by atoms with Crippen molar-refractivity contribution in [2.75, 3.05) is 12.3 Å². The predicted octanol–water partition coefficient (Wildman–Crippen LogP) is 3.89. The van der Waals surface area contributed by atoms with Crippen LogP contribution in [0.25, 0.3) is 0 Å². The first-order valence-corrected chi connectivity index (χ1v) is 9.10. The molecule has 3 nitrogen and oxygen atoms in total. The van der Waals surface area contributed by atoms with E-state index in [2.05, 4.69) is 11.4 Å². The Kier molecular flexibility index (Phi) is 6.45. The predicted molar refractivity (Wildman–Crippen MR) is 99.8 cm³/mol. The molecule has 0 fully saturated rings. The number of nitrogens with one attached hydrogen (secondary N) is 1. The van der Waals surface area contributed by atoms with Crippen molar-refractivity contribution in [1.29, 1.82) is 5.26 Å². The molecule has 1 amide bonds. The maximum absolute atomic E-state index is 12.4. The summed E-state index contributed by atoms with van der Waals surface area (Å²) in [6.45, 7) is 4.50. The van der Waals surface area contributed by atoms with Crippen LogP contribution < -0.4 is 5.32 Å². The Morgan fingerprint density at radius 3 is 2.50 bits per heavy atom. The lowest BCUT2D eigenvalue weighted by Crippen LogP contribution is -2.40. The van der Waals surface area contributed by atoms with Gasteiger partial charge in [-0.1, -0.05) is 48.5 Å². The van der Waals surface area contributed by atoms with E-state index < -0.39 is 5.41 Å². The van der Waals surface area contributed by atoms with Crippen molar-refractivity contribution < 1.29 is 4.79 Å². The summed E-state index contributed by atoms with van der Waals surface area (Å²) in [5.41, 5.74) is 2.23. The fraction of sp³-hybridized carbons (Fsp3) is 0.300. The minimum Gasteiger partial charge on any atom is -0.355 e. The topological polar surface area (TPSA) is 52.9 Å². The number of nitrogens with zero attached hydrogens (tertiary/aromatic N) is 1. The van der Waals surface area contributed by atoms with Crippen molar-refractivity contribution in [3.05, 3.63) is 71.3 Å². The highest BCUT2D eigenvalue weighted by atomic mass is 32.2. The molecule has 2 aromatic rings. The standard InChI is InChI=1S/C20H22N2OS/c1-20(2,18-10-4-3-5-11-18)19(23)22-12-13-24-15-17-9-7-6-8-16(17)14-21/h3-11H,12-13,15H2,1-2H3,(H,22,23). The molecule has 0 saturated carbocycles. The van der Waals surface area contributed by atoms with Gasteiger partial charge in [-0.2, -0.15) is 17.0 Å². The number of amides is 1. The summed E-state index contributed by atoms with van der Waals surface area (Å²) in [6.07, 6.45) is 0. The van der Waals surface area contributed by atoms with Gasteiger partial charge in [0.15, 0.2) is 0 Å². The summed E-state index contributed by atoms with van der Waals surface area (Å²) in [7, 11) is 0. The number of hydrogen-bond acceptors (Lipinski definition) is 3. The first kappa shape index (κ1) is 18.1. The highest BCUT2D eigenvalue weighted by Gasteiger charge is 2.28. The molecule has 1 N–H and O–H groups in total. The number of thioether (sulfide) groups is 1. The van der Waals surface area contributed by atoms with E-state index in [-0.39, 0.29) is 5.91 Å². The third-order valence-corrected chi connectivity index (χ3v) is 5.00. The average Bonchev–Trinajstić information content (AvgIpc) is 2.62. The second-order valence-electron chi connectivity index (χ2n) is 6.07. The second kappa shape index (κ2) is 8.56. The Labute approximate surface area is 148 Å². The Bertz CT molecular complexity index is 720. The summed E-state index contributed by atoms with van der Waals surface area (Å²) in [6, 6.07) is 19.6. The largest absolute Gasteiger partial charge is 0.355 e. The molecule has 0 saturated heterocycles. The molecule has 0 atom stereocenters. The van der Waals surface area contributed by atoms with E-state index in [1.54, 1.807) is 11.8 Å². The summed E-state index contributed by atoms with van der Waals surface area (Å²) in [5.74, 6) is 1.63. The normalized spacial score (nSPS) is 10.9. The molecule has 0 aliphatic heterocycles. The van der Waals surface area contributed by atoms with E-state index in [1.165, 1.54) is 0 Å². The van der Waals surface area contributed by atoms with Gasteiger partial charge in [0.1, 0.15) is 0 Å². The monoisotopic (exact) mass is 338 g/mol. The fourth-order valence-corrected chi connectivity index (χ4v) is 3.24. The van der Waals surface area contributed by atoms with E-state index in [9.17, 15) is 4.79 Å². The van der Waals surface area contributed by atoms with Crippen LogP contribution in [0.1, 0.15) is 30.5 Å². The third-order valence-electron chi connectivity index (χ3n) is 3.99. The van der Waals surface area contributed by atoms with E-state index in [0.29, 0.717) is 6.54 Å². The van der Waals surface area contributed by atoms with Crippen LogP contribution in [0.15, 0.2) is 54.6 Å². The molecular formula is C20H22N2OS. The Morgan fingerprint density at radius 2 is 1.79 bits per heavy atom. The van der Waals surface area contributed by atoms with Gasteiger partial charge in [-0.25, -0.2) is 0 Å². The minimum absolute atomic E-state index is 0.0340. The minimum atomic E-state index is -0.542. The molecule has 4 heteroatoms. The Hall–Kier alpha value is -2.25. The molecule has 24 heavy (non-hydrogen) atoms. The maximum Gasteiger partial charge on any atom is 0.230 e. The number of nitriles is 1. The van der Waals surface area contributed by atoms with Crippen molar-refractivity contribution in [3.63, 3.8) is 0 Å². The summed E-state index contributed by atoms with van der Waals surface area (Å²) in [4.78, 5) is 12.4. The Morgan fingerprint density at radius 1 is 1.12 bits per heavy atom. The van der Waals surface area contributed by atoms with Crippen molar-refractivity contribution in [2.24, 2.45) is 0 Å². The first-order chi connectivity index (χ1) is 11.6. The Balaban J connectivity index is 1.78. The van der Waals surface area contributed by atoms with Gasteiger partial charge in [0.25, 0.3) is 0 Å². The summed E-state index contributed by atoms with van der Waals surface area (Å²) >= 11 is 1.72. The van der Waals surface area contributed by atoms with Crippen LogP contribution >= 0.6 is 11.8 Å². The number of rotatable bonds is 7. The smallest absolute Gasteiger partial charge is 0.230 e. The lowest BCUT2D eigenvalue weighted by atomic mass is 9.84. The molecule has 0 radical (unpaired) electrons. The van der Waals surface area contributed by atoms with Gasteiger partial charge in [0.05, 0.1) is 17.0 Å². The molecule has 0 heterocycles. The van der Waals surface area contributed by atoms with Gasteiger partial charge in [-0.15, -0.1) is 0 Å². The number of carbonyl (C=O) groups is 1. The molecule has 2 aromatic carbocycles. The van der Waals surface area contributed by atoms with Gasteiger partial charge in [-0.3, -0.25) is 4.79 Å². The van der Waals surface area contributed by atoms with Crippen LogP contribution in [0.2, 0.25) is 0 Å². The van der Waals surface area contributed by atoms with Crippen LogP contribution in [0.4, 0.5) is 0 Å². The van der Waals surface area contributed by atoms with E-state index >= 15 is 0 Å². The molecule has 124 valence electrons. The zero-order valence-electron chi connectivity index (χ0n) is 14.1. The van der Waals surface area contributed by atoms with Gasteiger partial charge in [0.2, 0.25) is 5.91 Å². The lowest BCUT2D eigenvalue weighted by Gasteiger charge is -2.24. The maximum atomic E-state index is 12.4. The zero-order valence-corrected chi connectivity index (χ0v) is 14.9. The van der Waals surface area contributed by atoms with E-state index in [0.717, 1.165) is 28.2 Å². The molecule has 0 bridgehead atoms. The molecule has 0 aliphatic rings. The van der Waals surface area contributed by atoms with Gasteiger partial charge < -0.3 is 5.32 Å². The van der Waals surface area contributed by atoms with Crippen molar-refractivity contribution in [2.45, 2.75) is 25.0 Å². The highest BCUT2D eigenvalue weighted by Crippen LogP contribution is 2.23. The van der Waals surface area contributed by atoms with Crippen LogP contribution in [0.5, 0.6) is 0 Å². The van der Waals surface area contributed by atoms with Gasteiger partial charge >= 0.3 is 0 Å². The highest BCUT2D eigenvalue weighted by molar-refractivity contribution is 7.98. The SMILES string of the molecule is CC(C)(C(=O)NCCSCc1ccccc1C#N)c1ccccc1. The number of carbonyl (C=O) groups excluding carboxylic acids is 1. The molecular weight excluding hydrogens is 316 g/mol. The van der Waals surface area contributed by atoms with Gasteiger partial charge in [-0.05, 0) is 31.0 Å². The summed E-state index contributed by atoms with van der Waals surface area (Å²) in [5, 5.41) is 12.1. The molecule has 0 aromatic heterocycles. The van der Waals surface area contributed by atoms with Crippen molar-refractivity contribution in [1.82, 2.24) is 5.32 Å². The molecule has 0 unspecified atom stereocenters. The molecule has 0 spiro atoms. The van der Waals surface area contributed by atoms with Crippen LogP contribution in [0.3, 0.4) is 0 Å². The third kappa shape index (κ3) is 4.62. The van der Waals surface area contributed by atoms with Crippen molar-refractivity contribution in [3.8, 4) is 6.07 Å². The summed E-state index contributed by atoms with van der Waals surface area (Å²) < 4.78 is 0. The lowest BCUT2D eigenvalue weighted by molar-refractivity contribution is -0.125. The molecule has 0 aliphatic carbocycles. The quantitative estimate of drug-likeness (QED) is 0.779. The van der Waals surface area contributed by atoms with Gasteiger partial charge in [0, 0.05) is 18.1 Å². The van der Waals surface area contributed by atoms with E-state index in [4.69, 9.17) is 5.26 Å². The molecule has 2 rings (SSSR count). The fourth-order valence-electron chi connectivity index (χ4n) is 2.38. The zero-order chi connectivity index (χ0) is 17.4. The number of hydrogen-bond donors (Lipinski definition) is 1. The van der Waals surface area contributed by atoms with Crippen LogP contribution in [0, 0.1) is 11.3 Å². The van der Waals surface area contributed by atoms with Crippen molar-refractivity contribution >= 4 is 17.7 Å². The number of benzene rings is 2.